The van der Waals surface area contributed by atoms with E-state index in [2.05, 4.69) is 49.9 Å². The van der Waals surface area contributed by atoms with Gasteiger partial charge in [-0.1, -0.05) is 49.6 Å². The summed E-state index contributed by atoms with van der Waals surface area (Å²) in [6.45, 7) is 8.80. The second-order valence-electron chi connectivity index (χ2n) is 6.72. The van der Waals surface area contributed by atoms with Crippen LogP contribution >= 0.6 is 0 Å². The summed E-state index contributed by atoms with van der Waals surface area (Å²) in [6, 6.07) is 8.51. The molecule has 3 atom stereocenters. The molecular weight excluding hydrogens is 258 g/mol. The van der Waals surface area contributed by atoms with Gasteiger partial charge in [-0.3, -0.25) is 4.90 Å². The summed E-state index contributed by atoms with van der Waals surface area (Å²) in [7, 11) is 0. The molecule has 1 N–H and O–H groups in total. The molecule has 1 aromatic carbocycles. The molecule has 0 aliphatic carbocycles. The lowest BCUT2D eigenvalue weighted by Crippen LogP contribution is -2.38. The third-order valence-corrected chi connectivity index (χ3v) is 5.03. The molecular formula is C19H31NO. The van der Waals surface area contributed by atoms with Gasteiger partial charge in [0, 0.05) is 6.04 Å². The maximum absolute atomic E-state index is 10.7. The predicted molar refractivity (Wildman–Crippen MR) is 89.4 cm³/mol. The van der Waals surface area contributed by atoms with E-state index in [4.69, 9.17) is 0 Å². The van der Waals surface area contributed by atoms with Crippen molar-refractivity contribution in [1.82, 2.24) is 4.90 Å². The minimum atomic E-state index is -0.381. The third kappa shape index (κ3) is 4.55. The largest absolute Gasteiger partial charge is 0.387 e. The van der Waals surface area contributed by atoms with Crippen molar-refractivity contribution >= 4 is 0 Å². The van der Waals surface area contributed by atoms with E-state index in [0.29, 0.717) is 0 Å². The normalized spacial score (nSPS) is 23.5. The van der Waals surface area contributed by atoms with Gasteiger partial charge in [0.25, 0.3) is 0 Å². The molecule has 0 aromatic heterocycles. The number of hydrogen-bond donors (Lipinski definition) is 1. The van der Waals surface area contributed by atoms with Gasteiger partial charge in [-0.05, 0) is 57.7 Å². The van der Waals surface area contributed by atoms with Crippen molar-refractivity contribution in [3.8, 4) is 0 Å². The number of nitrogens with zero attached hydrogens (tertiary/aromatic N) is 1. The Balaban J connectivity index is 1.95. The average molecular weight is 289 g/mol. The molecule has 1 aliphatic heterocycles. The minimum absolute atomic E-state index is 0.202. The van der Waals surface area contributed by atoms with Gasteiger partial charge in [0.1, 0.15) is 0 Å². The topological polar surface area (TPSA) is 23.5 Å². The Kier molecular flexibility index (Phi) is 6.25. The smallest absolute Gasteiger partial charge is 0.0942 e. The predicted octanol–water partition coefficient (Wildman–Crippen LogP) is 4.32. The highest BCUT2D eigenvalue weighted by Crippen LogP contribution is 2.27. The van der Waals surface area contributed by atoms with Crippen molar-refractivity contribution in [2.24, 2.45) is 5.92 Å². The Morgan fingerprint density at radius 2 is 1.90 bits per heavy atom. The fourth-order valence-corrected chi connectivity index (χ4v) is 3.53. The van der Waals surface area contributed by atoms with Gasteiger partial charge in [-0.25, -0.2) is 0 Å². The number of aryl methyl sites for hydroxylation is 1. The molecule has 1 saturated heterocycles. The first-order valence-corrected chi connectivity index (χ1v) is 8.60. The Bertz CT molecular complexity index is 414. The maximum Gasteiger partial charge on any atom is 0.0942 e. The molecule has 1 aromatic rings. The summed E-state index contributed by atoms with van der Waals surface area (Å²) < 4.78 is 0. The van der Waals surface area contributed by atoms with Gasteiger partial charge in [0.15, 0.2) is 0 Å². The van der Waals surface area contributed by atoms with E-state index in [-0.39, 0.29) is 12.1 Å². The van der Waals surface area contributed by atoms with Crippen molar-refractivity contribution < 1.29 is 5.11 Å². The van der Waals surface area contributed by atoms with Gasteiger partial charge in [-0.2, -0.15) is 0 Å². The highest BCUT2D eigenvalue weighted by Gasteiger charge is 2.25. The van der Waals surface area contributed by atoms with Gasteiger partial charge in [-0.15, -0.1) is 0 Å². The van der Waals surface area contributed by atoms with Crippen LogP contribution in [0.2, 0.25) is 0 Å². The first-order chi connectivity index (χ1) is 10.1. The molecule has 1 aliphatic rings. The quantitative estimate of drug-likeness (QED) is 0.872. The van der Waals surface area contributed by atoms with E-state index in [1.54, 1.807) is 0 Å². The summed E-state index contributed by atoms with van der Waals surface area (Å²) >= 11 is 0. The average Bonchev–Trinajstić information content (AvgIpc) is 2.73. The summed E-state index contributed by atoms with van der Waals surface area (Å²) in [4.78, 5) is 2.49. The first kappa shape index (κ1) is 16.5. The maximum atomic E-state index is 10.7. The van der Waals surface area contributed by atoms with E-state index in [1.807, 2.05) is 0 Å². The Morgan fingerprint density at radius 3 is 2.57 bits per heavy atom. The Labute approximate surface area is 130 Å². The number of hydrogen-bond acceptors (Lipinski definition) is 2. The van der Waals surface area contributed by atoms with Gasteiger partial charge in [0.05, 0.1) is 6.10 Å². The molecule has 0 bridgehead atoms. The lowest BCUT2D eigenvalue weighted by atomic mass is 9.96. The lowest BCUT2D eigenvalue weighted by molar-refractivity contribution is 0.0591. The van der Waals surface area contributed by atoms with Crippen LogP contribution in [0.4, 0.5) is 0 Å². The van der Waals surface area contributed by atoms with Crippen LogP contribution in [0.1, 0.15) is 63.2 Å². The van der Waals surface area contributed by atoms with E-state index < -0.39 is 0 Å². The van der Waals surface area contributed by atoms with Crippen LogP contribution < -0.4 is 0 Å². The second-order valence-corrected chi connectivity index (χ2v) is 6.72. The van der Waals surface area contributed by atoms with Crippen LogP contribution in [-0.4, -0.2) is 29.1 Å². The Hall–Kier alpha value is -0.860. The summed E-state index contributed by atoms with van der Waals surface area (Å²) in [6.07, 6.45) is 6.20. The highest BCUT2D eigenvalue weighted by atomic mass is 16.3. The minimum Gasteiger partial charge on any atom is -0.387 e. The first-order valence-electron chi connectivity index (χ1n) is 8.60. The van der Waals surface area contributed by atoms with Gasteiger partial charge in [0.2, 0.25) is 0 Å². The molecule has 3 unspecified atom stereocenters. The molecule has 0 spiro atoms. The molecule has 0 saturated carbocycles. The van der Waals surface area contributed by atoms with Crippen LogP contribution in [0.25, 0.3) is 0 Å². The summed E-state index contributed by atoms with van der Waals surface area (Å²) in [5.74, 6) is 0.892. The SMILES string of the molecule is CCCC1CCCN(C(C)C(O)c2ccc(C)cc2)CC1. The molecule has 0 radical (unpaired) electrons. The number of likely N-dealkylation sites (tertiary alicyclic amines) is 1. The number of rotatable bonds is 5. The molecule has 0 amide bonds. The van der Waals surface area contributed by atoms with Crippen molar-refractivity contribution in [3.63, 3.8) is 0 Å². The molecule has 2 heteroatoms. The molecule has 118 valence electrons. The number of benzene rings is 1. The highest BCUT2D eigenvalue weighted by molar-refractivity contribution is 5.24. The van der Waals surface area contributed by atoms with Crippen molar-refractivity contribution in [2.45, 2.75) is 65.0 Å². The van der Waals surface area contributed by atoms with Crippen molar-refractivity contribution in [2.75, 3.05) is 13.1 Å². The van der Waals surface area contributed by atoms with E-state index >= 15 is 0 Å². The summed E-state index contributed by atoms with van der Waals surface area (Å²) in [5.41, 5.74) is 2.29. The van der Waals surface area contributed by atoms with Gasteiger partial charge < -0.3 is 5.11 Å². The molecule has 1 heterocycles. The van der Waals surface area contributed by atoms with E-state index in [0.717, 1.165) is 24.6 Å². The van der Waals surface area contributed by atoms with Crippen LogP contribution in [0, 0.1) is 12.8 Å². The van der Waals surface area contributed by atoms with E-state index in [9.17, 15) is 5.11 Å². The number of aliphatic hydroxyl groups is 1. The molecule has 2 nitrogen and oxygen atoms in total. The fraction of sp³-hybridized carbons (Fsp3) is 0.684. The van der Waals surface area contributed by atoms with Crippen molar-refractivity contribution in [1.29, 1.82) is 0 Å². The second kappa shape index (κ2) is 7.95. The zero-order chi connectivity index (χ0) is 15.2. The molecule has 21 heavy (non-hydrogen) atoms. The Morgan fingerprint density at radius 1 is 1.19 bits per heavy atom. The van der Waals surface area contributed by atoms with Crippen LogP contribution in [0.5, 0.6) is 0 Å². The summed E-state index contributed by atoms with van der Waals surface area (Å²) in [5, 5.41) is 10.7. The standard InChI is InChI=1S/C19H31NO/c1-4-6-17-7-5-13-20(14-12-17)16(3)19(21)18-10-8-15(2)9-11-18/h8-11,16-17,19,21H,4-7,12-14H2,1-3H3. The number of aliphatic hydroxyl groups excluding tert-OH is 1. The zero-order valence-corrected chi connectivity index (χ0v) is 13.9. The van der Waals surface area contributed by atoms with Crippen LogP contribution in [-0.2, 0) is 0 Å². The molecule has 1 fully saturated rings. The van der Waals surface area contributed by atoms with Crippen LogP contribution in [0.3, 0.4) is 0 Å². The fourth-order valence-electron chi connectivity index (χ4n) is 3.53. The van der Waals surface area contributed by atoms with Crippen molar-refractivity contribution in [3.05, 3.63) is 35.4 Å². The van der Waals surface area contributed by atoms with E-state index in [1.165, 1.54) is 37.7 Å². The third-order valence-electron chi connectivity index (χ3n) is 5.03. The van der Waals surface area contributed by atoms with Gasteiger partial charge >= 0.3 is 0 Å². The monoisotopic (exact) mass is 289 g/mol. The zero-order valence-electron chi connectivity index (χ0n) is 13.9. The van der Waals surface area contributed by atoms with Crippen LogP contribution in [0.15, 0.2) is 24.3 Å². The molecule has 2 rings (SSSR count). The lowest BCUT2D eigenvalue weighted by Gasteiger charge is -2.31.